The van der Waals surface area contributed by atoms with E-state index in [1.807, 2.05) is 55.4 Å². The summed E-state index contributed by atoms with van der Waals surface area (Å²) < 4.78 is 81.5. The summed E-state index contributed by atoms with van der Waals surface area (Å²) in [4.78, 5) is 115. The van der Waals surface area contributed by atoms with Crippen LogP contribution in [-0.2, 0) is 95.2 Å². The van der Waals surface area contributed by atoms with Crippen LogP contribution in [0.2, 0.25) is 0 Å². The van der Waals surface area contributed by atoms with Crippen molar-refractivity contribution in [2.24, 2.45) is 45.3 Å². The van der Waals surface area contributed by atoms with Crippen LogP contribution in [0.4, 0.5) is 0 Å². The summed E-state index contributed by atoms with van der Waals surface area (Å²) in [5, 5.41) is 12.7. The van der Waals surface area contributed by atoms with Crippen LogP contribution in [0.1, 0.15) is 374 Å². The number of aliphatic hydroxyl groups is 1. The van der Waals surface area contributed by atoms with Gasteiger partial charge < -0.3 is 61.9 Å². The third-order valence-electron chi connectivity index (χ3n) is 26.4. The van der Waals surface area contributed by atoms with Gasteiger partial charge >= 0.3 is 47.8 Å². The van der Waals surface area contributed by atoms with E-state index < -0.39 is 140 Å². The quantitative estimate of drug-likeness (QED) is 0.0195. The van der Waals surface area contributed by atoms with Gasteiger partial charge in [0, 0.05) is 57.3 Å². The molecule has 111 heavy (non-hydrogen) atoms. The maximum Gasteiger partial charge on any atom is 0.306 e. The Morgan fingerprint density at radius 1 is 0.414 bits per heavy atom. The molecule has 2 heterocycles. The fraction of sp³-hybridized carbons (Fsp3) is 0.889. The summed E-state index contributed by atoms with van der Waals surface area (Å²) in [6.45, 7) is 33.2. The number of unbranched alkanes of at least 4 members (excludes halogenated alkanes) is 16. The third-order valence-corrected chi connectivity index (χ3v) is 26.4. The van der Waals surface area contributed by atoms with Gasteiger partial charge in [0.05, 0.1) is 11.7 Å². The molecule has 6 unspecified atom stereocenters. The normalized spacial score (nSPS) is 31.3. The van der Waals surface area contributed by atoms with Crippen LogP contribution in [-0.4, -0.2) is 145 Å². The zero-order valence-corrected chi connectivity index (χ0v) is 71.8. The molecular formula is C90H152O21. The van der Waals surface area contributed by atoms with Crippen LogP contribution >= 0.6 is 0 Å². The van der Waals surface area contributed by atoms with Crippen molar-refractivity contribution in [3.8, 4) is 0 Å². The number of fused-ring (bicyclic) bond motifs is 5. The Hall–Kier alpha value is -4.70. The van der Waals surface area contributed by atoms with Crippen LogP contribution in [0.5, 0.6) is 0 Å². The highest BCUT2D eigenvalue weighted by molar-refractivity contribution is 5.73. The minimum atomic E-state index is -1.85. The smallest absolute Gasteiger partial charge is 0.306 e. The van der Waals surface area contributed by atoms with Crippen LogP contribution < -0.4 is 0 Å². The minimum Gasteiger partial charge on any atom is -0.463 e. The van der Waals surface area contributed by atoms with Gasteiger partial charge in [-0.05, 0) is 169 Å². The molecule has 0 spiro atoms. The van der Waals surface area contributed by atoms with E-state index in [0.717, 1.165) is 109 Å². The van der Waals surface area contributed by atoms with Crippen LogP contribution in [0.3, 0.4) is 0 Å². The van der Waals surface area contributed by atoms with E-state index in [9.17, 15) is 43.5 Å². The predicted molar refractivity (Wildman–Crippen MR) is 425 cm³/mol. The Morgan fingerprint density at radius 3 is 1.18 bits per heavy atom. The van der Waals surface area contributed by atoms with Gasteiger partial charge in [-0.25, -0.2) is 0 Å². The van der Waals surface area contributed by atoms with Crippen LogP contribution in [0, 0.1) is 45.3 Å². The van der Waals surface area contributed by atoms with E-state index in [1.165, 1.54) is 5.57 Å². The molecule has 0 aromatic carbocycles. The highest BCUT2D eigenvalue weighted by Gasteiger charge is 2.73. The molecule has 21 nitrogen and oxygen atoms in total. The second-order valence-corrected chi connectivity index (χ2v) is 35.6. The molecule has 0 bridgehead atoms. The van der Waals surface area contributed by atoms with Gasteiger partial charge in [0.25, 0.3) is 0 Å². The molecule has 4 aliphatic carbocycles. The first kappa shape index (κ1) is 95.1. The van der Waals surface area contributed by atoms with E-state index in [4.69, 9.17) is 56.8 Å². The molecule has 2 aliphatic heterocycles. The van der Waals surface area contributed by atoms with E-state index in [0.29, 0.717) is 109 Å². The molecule has 20 atom stereocenters. The SMILES string of the molecule is CCCCCC(=O)OC[C@H]1O[C@@H](OC2CC[C@]3(C)C(CC[C@@]4(C)C3C[C@H](OC(=O)CCCCC)C3C([C@@](C)(O)CCC=C(C)C)CC[C@@]34C)C2(C)C)[C@H](OC2O[C@H](COC(=O)CCCCC)[C@@H](OC(=O)CCCCC)[C@H](OC(=O)CCCCC)[C@H]2OC(=O)CCCCC)[C@@H](OC(=O)CCCCC)[C@@H]1OC(=O)CCCCC. The lowest BCUT2D eigenvalue weighted by Gasteiger charge is -2.71. The summed E-state index contributed by atoms with van der Waals surface area (Å²) in [5.41, 5.74) is -1.40. The van der Waals surface area contributed by atoms with Crippen molar-refractivity contribution in [1.29, 1.82) is 0 Å². The van der Waals surface area contributed by atoms with Gasteiger partial charge in [0.15, 0.2) is 49.2 Å². The van der Waals surface area contributed by atoms with Crippen molar-refractivity contribution in [3.63, 3.8) is 0 Å². The molecule has 21 heteroatoms. The van der Waals surface area contributed by atoms with Crippen molar-refractivity contribution in [1.82, 2.24) is 0 Å². The number of hydrogen-bond acceptors (Lipinski definition) is 21. The molecule has 1 N–H and O–H groups in total. The average molecular weight is 1570 g/mol. The molecular weight excluding hydrogens is 1420 g/mol. The maximum atomic E-state index is 15.0. The highest BCUT2D eigenvalue weighted by Crippen LogP contribution is 2.76. The molecule has 2 saturated heterocycles. The number of carbonyl (C=O) groups is 8. The molecule has 0 aromatic rings. The average Bonchev–Trinajstić information content (AvgIpc) is 1.67. The first-order valence-corrected chi connectivity index (χ1v) is 44.4. The summed E-state index contributed by atoms with van der Waals surface area (Å²) in [5.74, 6) is -4.73. The summed E-state index contributed by atoms with van der Waals surface area (Å²) >= 11 is 0. The summed E-state index contributed by atoms with van der Waals surface area (Å²) in [6, 6.07) is 0. The molecule has 6 aliphatic rings. The van der Waals surface area contributed by atoms with Crippen molar-refractivity contribution in [3.05, 3.63) is 11.6 Å². The topological polar surface area (TPSA) is 268 Å². The molecule has 4 saturated carbocycles. The highest BCUT2D eigenvalue weighted by atomic mass is 16.8. The van der Waals surface area contributed by atoms with Crippen molar-refractivity contribution >= 4 is 47.8 Å². The van der Waals surface area contributed by atoms with Gasteiger partial charge in [0.2, 0.25) is 0 Å². The van der Waals surface area contributed by atoms with Crippen molar-refractivity contribution in [2.45, 2.75) is 453 Å². The van der Waals surface area contributed by atoms with E-state index >= 15 is 0 Å². The monoisotopic (exact) mass is 1570 g/mol. The molecule has 638 valence electrons. The molecule has 6 rings (SSSR count). The first-order valence-electron chi connectivity index (χ1n) is 44.4. The molecule has 0 radical (unpaired) electrons. The maximum absolute atomic E-state index is 15.0. The number of carbonyl (C=O) groups excluding carboxylic acids is 8. The molecule has 0 aromatic heterocycles. The molecule has 6 fully saturated rings. The van der Waals surface area contributed by atoms with E-state index in [1.54, 1.807) is 0 Å². The Kier molecular flexibility index (Phi) is 40.2. The van der Waals surface area contributed by atoms with Crippen LogP contribution in [0.15, 0.2) is 11.6 Å². The summed E-state index contributed by atoms with van der Waals surface area (Å²) in [7, 11) is 0. The van der Waals surface area contributed by atoms with E-state index in [-0.39, 0.29) is 90.8 Å². The Balaban J connectivity index is 1.57. The van der Waals surface area contributed by atoms with Gasteiger partial charge in [-0.1, -0.05) is 204 Å². The lowest BCUT2D eigenvalue weighted by atomic mass is 9.35. The number of ether oxygens (including phenoxy) is 12. The lowest BCUT2D eigenvalue weighted by molar-refractivity contribution is -0.379. The van der Waals surface area contributed by atoms with Gasteiger partial charge in [-0.3, -0.25) is 38.4 Å². The zero-order valence-electron chi connectivity index (χ0n) is 71.8. The Labute approximate surface area is 668 Å². The van der Waals surface area contributed by atoms with Gasteiger partial charge in [-0.2, -0.15) is 0 Å². The number of esters is 8. The predicted octanol–water partition coefficient (Wildman–Crippen LogP) is 19.2. The van der Waals surface area contributed by atoms with Crippen molar-refractivity contribution in [2.75, 3.05) is 13.2 Å². The zero-order chi connectivity index (χ0) is 81.5. The Morgan fingerprint density at radius 2 is 0.775 bits per heavy atom. The van der Waals surface area contributed by atoms with E-state index in [2.05, 4.69) is 61.5 Å². The van der Waals surface area contributed by atoms with Crippen molar-refractivity contribution < 1.29 is 100 Å². The number of hydrogen-bond donors (Lipinski definition) is 1. The minimum absolute atomic E-state index is 0.0155. The second-order valence-electron chi connectivity index (χ2n) is 35.6. The first-order chi connectivity index (χ1) is 53.0. The second kappa shape index (κ2) is 46.9. The lowest BCUT2D eigenvalue weighted by Crippen LogP contribution is -2.69. The number of allylic oxidation sites excluding steroid dienone is 2. The largest absolute Gasteiger partial charge is 0.463 e. The van der Waals surface area contributed by atoms with Crippen LogP contribution in [0.25, 0.3) is 0 Å². The molecule has 0 amide bonds. The standard InChI is InChI=1S/C90H152O21/c1-17-25-33-43-69(91)100-59-64-79(107-73(95)47-37-29-21-5)81(109-75(97)49-39-31-23-7)83(111-85-82(110-76(98)50-40-32-24-8)80(108-74(96)48-38-30-22-6)78(106-72(94)46-36-28-20-4)65(104-85)60-101-70(92)44-34-26-18-2)84(103-64)105-68-53-55-87(13)66(86(68,11)12)52-57-88(14)67(87)58-63(102-71(93)45-35-27-19-3)77-62(51-56-89(77,88)15)90(16,99)54-41-42-61(9)10/h42,62-68,77-85,99H,17-41,43-60H2,1-16H3/t62?,63-,64+,65+,66?,67?,68?,77?,78+,79+,80-,81-,82+,83+,84-,85?,87+,88-,89-,90-/m0/s1. The fourth-order valence-corrected chi connectivity index (χ4v) is 19.9. The Bertz CT molecular complexity index is 2890. The van der Waals surface area contributed by atoms with Gasteiger partial charge in [-0.15, -0.1) is 0 Å². The third kappa shape index (κ3) is 26.7. The number of rotatable bonds is 50. The van der Waals surface area contributed by atoms with Gasteiger partial charge in [0.1, 0.15) is 31.5 Å². The fourth-order valence-electron chi connectivity index (χ4n) is 19.9. The summed E-state index contributed by atoms with van der Waals surface area (Å²) in [6.07, 6.45) is 8.64.